The smallest absolute Gasteiger partial charge is 0.0620 e. The van der Waals surface area contributed by atoms with Crippen LogP contribution in [0.2, 0.25) is 0 Å². The molecule has 4 heterocycles. The Labute approximate surface area is 227 Å². The van der Waals surface area contributed by atoms with Gasteiger partial charge in [-0.3, -0.25) is 0 Å². The van der Waals surface area contributed by atoms with Crippen molar-refractivity contribution in [2.75, 3.05) is 0 Å². The van der Waals surface area contributed by atoms with E-state index in [1.54, 1.807) is 0 Å². The Bertz CT molecular complexity index is 2670. The summed E-state index contributed by atoms with van der Waals surface area (Å²) in [6.45, 7) is 0. The van der Waals surface area contributed by atoms with Crippen LogP contribution in [0.3, 0.4) is 0 Å². The summed E-state index contributed by atoms with van der Waals surface area (Å²) in [5, 5.41) is 15.8. The fourth-order valence-corrected chi connectivity index (χ4v) is 7.85. The van der Waals surface area contributed by atoms with E-state index in [4.69, 9.17) is 0 Å². The predicted octanol–water partition coefficient (Wildman–Crippen LogP) is 10.3. The van der Waals surface area contributed by atoms with Crippen LogP contribution in [-0.2, 0) is 0 Å². The fraction of sp³-hybridized carbons (Fsp3) is 0. The Balaban J connectivity index is 1.31. The second kappa shape index (κ2) is 6.44. The molecule has 0 unspecified atom stereocenters. The average Bonchev–Trinajstić information content (AvgIpc) is 3.71. The van der Waals surface area contributed by atoms with Crippen molar-refractivity contribution >= 4 is 97.7 Å². The number of hydrogen-bond acceptors (Lipinski definition) is 0. The van der Waals surface area contributed by atoms with Gasteiger partial charge in [-0.25, -0.2) is 0 Å². The molecule has 0 bridgehead atoms. The lowest BCUT2D eigenvalue weighted by atomic mass is 9.99. The molecule has 40 heavy (non-hydrogen) atoms. The van der Waals surface area contributed by atoms with Gasteiger partial charge in [0.25, 0.3) is 0 Å². The summed E-state index contributed by atoms with van der Waals surface area (Å²) in [6.07, 6.45) is 0. The molecule has 0 atom stereocenters. The van der Waals surface area contributed by atoms with Crippen LogP contribution in [0.1, 0.15) is 0 Å². The molecule has 0 fully saturated rings. The molecule has 0 aliphatic heterocycles. The molecule has 11 rings (SSSR count). The van der Waals surface area contributed by atoms with Crippen LogP contribution in [0, 0.1) is 0 Å². The van der Waals surface area contributed by atoms with E-state index in [9.17, 15) is 0 Å². The lowest BCUT2D eigenvalue weighted by molar-refractivity contribution is 1.37. The molecule has 182 valence electrons. The summed E-state index contributed by atoms with van der Waals surface area (Å²) >= 11 is 0. The summed E-state index contributed by atoms with van der Waals surface area (Å²) in [5.74, 6) is 0. The van der Waals surface area contributed by atoms with Crippen molar-refractivity contribution < 1.29 is 0 Å². The number of benzene rings is 7. The van der Waals surface area contributed by atoms with E-state index in [1.807, 2.05) is 0 Å². The molecule has 0 saturated carbocycles. The molecule has 0 spiro atoms. The normalized spacial score (nSPS) is 13.0. The second-order valence-electron chi connectivity index (χ2n) is 11.4. The van der Waals surface area contributed by atoms with E-state index in [0.29, 0.717) is 0 Å². The van der Waals surface area contributed by atoms with Crippen LogP contribution < -0.4 is 0 Å². The highest BCUT2D eigenvalue weighted by Gasteiger charge is 2.19. The maximum absolute atomic E-state index is 2.47. The molecular weight excluding hydrogens is 484 g/mol. The number of rotatable bonds is 0. The van der Waals surface area contributed by atoms with Gasteiger partial charge in [-0.2, -0.15) is 0 Å². The molecular formula is C38H20N2. The van der Waals surface area contributed by atoms with Crippen molar-refractivity contribution in [2.24, 2.45) is 0 Å². The maximum Gasteiger partial charge on any atom is 0.0620 e. The summed E-state index contributed by atoms with van der Waals surface area (Å²) < 4.78 is 4.95. The minimum atomic E-state index is 1.28. The molecule has 7 aromatic carbocycles. The van der Waals surface area contributed by atoms with Gasteiger partial charge in [-0.05, 0) is 70.1 Å². The van der Waals surface area contributed by atoms with E-state index >= 15 is 0 Å². The van der Waals surface area contributed by atoms with Crippen molar-refractivity contribution in [3.05, 3.63) is 121 Å². The van der Waals surface area contributed by atoms with Gasteiger partial charge in [-0.1, -0.05) is 72.8 Å². The van der Waals surface area contributed by atoms with Crippen molar-refractivity contribution in [3.8, 4) is 0 Å². The van der Waals surface area contributed by atoms with Crippen LogP contribution in [0.5, 0.6) is 0 Å². The Morgan fingerprint density at radius 3 is 1.12 bits per heavy atom. The van der Waals surface area contributed by atoms with Crippen LogP contribution in [0.25, 0.3) is 97.7 Å². The molecule has 0 saturated heterocycles. The SMILES string of the molecule is c1ccc2c(c1)c1cccc3c4cc5cc6cc7c8cccc9c%10ccccc%10n(c7cc6cc5cc4n2c13)c98. The predicted molar refractivity (Wildman–Crippen MR) is 171 cm³/mol. The molecule has 0 aliphatic carbocycles. The lowest BCUT2D eigenvalue weighted by Gasteiger charge is -2.06. The first-order valence-electron chi connectivity index (χ1n) is 13.9. The standard InChI is InChI=1S/C38H20N2/c1-3-13-33-25(7-1)27-9-5-11-29-31-17-21-15-22-18-32-30-12-6-10-28-26-8-2-4-14-34(26)40(38(28)30)36(32)20-24(22)16-23(21)19-35(31)39(33)37(27)29/h1-20H. The molecule has 2 nitrogen and oxygen atoms in total. The topological polar surface area (TPSA) is 8.82 Å². The zero-order valence-electron chi connectivity index (χ0n) is 21.4. The van der Waals surface area contributed by atoms with Crippen molar-refractivity contribution in [3.63, 3.8) is 0 Å². The number of fused-ring (bicyclic) bond motifs is 14. The number of aromatic nitrogens is 2. The zero-order chi connectivity index (χ0) is 25.7. The van der Waals surface area contributed by atoms with Crippen LogP contribution >= 0.6 is 0 Å². The van der Waals surface area contributed by atoms with E-state index in [-0.39, 0.29) is 0 Å². The molecule has 0 radical (unpaired) electrons. The van der Waals surface area contributed by atoms with Gasteiger partial charge in [0.05, 0.1) is 33.1 Å². The first-order chi connectivity index (χ1) is 19.8. The highest BCUT2D eigenvalue weighted by Crippen LogP contribution is 2.43. The summed E-state index contributed by atoms with van der Waals surface area (Å²) in [6, 6.07) is 45.5. The third-order valence-electron chi connectivity index (χ3n) is 9.48. The van der Waals surface area contributed by atoms with E-state index < -0.39 is 0 Å². The zero-order valence-corrected chi connectivity index (χ0v) is 21.4. The Morgan fingerprint density at radius 1 is 0.275 bits per heavy atom. The lowest BCUT2D eigenvalue weighted by Crippen LogP contribution is -1.83. The van der Waals surface area contributed by atoms with Gasteiger partial charge in [0, 0.05) is 43.1 Å². The summed E-state index contributed by atoms with van der Waals surface area (Å²) in [4.78, 5) is 0. The highest BCUT2D eigenvalue weighted by atomic mass is 14.9. The van der Waals surface area contributed by atoms with E-state index in [0.717, 1.165) is 0 Å². The number of nitrogens with zero attached hydrogens (tertiary/aromatic N) is 2. The van der Waals surface area contributed by atoms with Crippen LogP contribution in [0.15, 0.2) is 121 Å². The van der Waals surface area contributed by atoms with Gasteiger partial charge in [0.15, 0.2) is 0 Å². The Morgan fingerprint density at radius 2 is 0.650 bits per heavy atom. The van der Waals surface area contributed by atoms with Gasteiger partial charge < -0.3 is 8.80 Å². The summed E-state index contributed by atoms with van der Waals surface area (Å²) in [5.41, 5.74) is 7.79. The average molecular weight is 505 g/mol. The third-order valence-corrected chi connectivity index (χ3v) is 9.48. The monoisotopic (exact) mass is 504 g/mol. The molecule has 0 amide bonds. The molecule has 0 aliphatic rings. The highest BCUT2D eigenvalue weighted by molar-refractivity contribution is 6.27. The number of para-hydroxylation sites is 4. The first-order valence-corrected chi connectivity index (χ1v) is 13.9. The van der Waals surface area contributed by atoms with Crippen molar-refractivity contribution in [2.45, 2.75) is 0 Å². The molecule has 2 heteroatoms. The Kier molecular flexibility index (Phi) is 3.17. The van der Waals surface area contributed by atoms with E-state index in [1.165, 1.54) is 97.7 Å². The largest absolute Gasteiger partial charge is 0.308 e. The molecule has 11 aromatic rings. The molecule has 4 aromatic heterocycles. The maximum atomic E-state index is 2.47. The first kappa shape index (κ1) is 19.7. The quantitative estimate of drug-likeness (QED) is 0.182. The van der Waals surface area contributed by atoms with E-state index in [2.05, 4.69) is 130 Å². The van der Waals surface area contributed by atoms with Gasteiger partial charge in [0.1, 0.15) is 0 Å². The van der Waals surface area contributed by atoms with Crippen LogP contribution in [0.4, 0.5) is 0 Å². The minimum absolute atomic E-state index is 1.28. The van der Waals surface area contributed by atoms with Gasteiger partial charge in [0.2, 0.25) is 0 Å². The van der Waals surface area contributed by atoms with Gasteiger partial charge >= 0.3 is 0 Å². The van der Waals surface area contributed by atoms with Crippen molar-refractivity contribution in [1.29, 1.82) is 0 Å². The molecule has 0 N–H and O–H groups in total. The minimum Gasteiger partial charge on any atom is -0.308 e. The van der Waals surface area contributed by atoms with Crippen molar-refractivity contribution in [1.82, 2.24) is 8.80 Å². The van der Waals surface area contributed by atoms with Crippen LogP contribution in [-0.4, -0.2) is 8.80 Å². The fourth-order valence-electron chi connectivity index (χ4n) is 7.85. The Hall–Kier alpha value is -5.34. The van der Waals surface area contributed by atoms with Gasteiger partial charge in [-0.15, -0.1) is 0 Å². The third kappa shape index (κ3) is 2.11. The number of hydrogen-bond donors (Lipinski definition) is 0. The second-order valence-corrected chi connectivity index (χ2v) is 11.4. The summed E-state index contributed by atoms with van der Waals surface area (Å²) in [7, 11) is 0.